The summed E-state index contributed by atoms with van der Waals surface area (Å²) in [7, 11) is -17.5. The summed E-state index contributed by atoms with van der Waals surface area (Å²) in [6.45, 7) is -2.49. The van der Waals surface area contributed by atoms with Gasteiger partial charge >= 0.3 is 23.5 Å². The highest BCUT2D eigenvalue weighted by Gasteiger charge is 2.54. The summed E-state index contributed by atoms with van der Waals surface area (Å²) in [5.74, 6) is 0.00368. The van der Waals surface area contributed by atoms with E-state index in [0.717, 1.165) is 11.5 Å². The normalized spacial score (nSPS) is 32.7. The smallest absolute Gasteiger partial charge is 0.387 e. The van der Waals surface area contributed by atoms with Gasteiger partial charge in [-0.25, -0.2) is 18.7 Å². The molecule has 0 saturated carbocycles. The van der Waals surface area contributed by atoms with Crippen LogP contribution in [0.15, 0.2) is 12.3 Å². The molecule has 0 aromatic carbocycles. The summed E-state index contributed by atoms with van der Waals surface area (Å²) < 4.78 is 66.8. The number of nitrogens with two attached hydrogens (primary N) is 1. The Morgan fingerprint density at radius 1 is 1.33 bits per heavy atom. The van der Waals surface area contributed by atoms with Crippen LogP contribution >= 0.6 is 35.7 Å². The summed E-state index contributed by atoms with van der Waals surface area (Å²) in [5.41, 5.74) is 3.19. The first kappa shape index (κ1) is 22.6. The summed E-state index contributed by atoms with van der Waals surface area (Å²) in [6.07, 6.45) is -4.78. The molecule has 6 atom stereocenters. The number of phosphoric ester groups is 1. The van der Waals surface area contributed by atoms with E-state index in [4.69, 9.17) is 40.1 Å². The van der Waals surface area contributed by atoms with Crippen LogP contribution in [-0.2, 0) is 31.6 Å². The molecule has 1 aliphatic rings. The van der Waals surface area contributed by atoms with Crippen molar-refractivity contribution in [3.05, 3.63) is 17.0 Å². The number of hydrogen-bond acceptors (Lipinski definition) is 12. The standard InChI is InChI=1S/C10H18N3O13P3S/c1-10(15)7(14)5(24-8(10)13-3-2-6(11)12-9(13)30)4-23-28(19,20)26-29(21,22)25-27(16,17)18/h2-3,5,7-8,14-15H,4H2,1H3,(H,19,20)(H,21,22)(H2,11,12,30)(H2,16,17,18)/t5-,7+,8-,10?/m1/s1/i4D2. The van der Waals surface area contributed by atoms with Crippen molar-refractivity contribution in [3.8, 4) is 0 Å². The number of phosphoric acid groups is 3. The fraction of sp³-hybridized carbons (Fsp3) is 0.600. The second-order valence-electron chi connectivity index (χ2n) is 5.92. The van der Waals surface area contributed by atoms with Gasteiger partial charge in [0.1, 0.15) is 23.6 Å². The summed E-state index contributed by atoms with van der Waals surface area (Å²) >= 11 is 4.97. The highest BCUT2D eigenvalue weighted by molar-refractivity contribution is 7.71. The molecule has 3 unspecified atom stereocenters. The van der Waals surface area contributed by atoms with Crippen LogP contribution in [0.25, 0.3) is 0 Å². The quantitative estimate of drug-likeness (QED) is 0.171. The molecule has 2 heterocycles. The predicted octanol–water partition coefficient (Wildman–Crippen LogP) is -0.453. The minimum absolute atomic E-state index is 0.00368. The maximum Gasteiger partial charge on any atom is 0.490 e. The van der Waals surface area contributed by atoms with Gasteiger partial charge < -0.3 is 40.3 Å². The van der Waals surface area contributed by atoms with Gasteiger partial charge in [-0.2, -0.15) is 8.62 Å². The van der Waals surface area contributed by atoms with Crippen LogP contribution < -0.4 is 5.73 Å². The summed E-state index contributed by atoms with van der Waals surface area (Å²) in [4.78, 5) is 39.5. The van der Waals surface area contributed by atoms with E-state index >= 15 is 0 Å². The lowest BCUT2D eigenvalue weighted by Crippen LogP contribution is -2.44. The first-order chi connectivity index (χ1) is 14.2. The summed E-state index contributed by atoms with van der Waals surface area (Å²) in [6, 6.07) is 1.25. The largest absolute Gasteiger partial charge is 0.490 e. The Bertz CT molecular complexity index is 1080. The van der Waals surface area contributed by atoms with Gasteiger partial charge in [0.25, 0.3) is 0 Å². The highest BCUT2D eigenvalue weighted by atomic mass is 32.1. The molecule has 1 fully saturated rings. The molecule has 0 spiro atoms. The van der Waals surface area contributed by atoms with E-state index in [1.807, 2.05) is 0 Å². The highest BCUT2D eigenvalue weighted by Crippen LogP contribution is 2.66. The maximum absolute atomic E-state index is 12.0. The number of aliphatic hydroxyl groups is 2. The Kier molecular flexibility index (Phi) is 6.57. The molecule has 172 valence electrons. The third-order valence-electron chi connectivity index (χ3n) is 3.47. The SMILES string of the molecule is [2H]C([2H])(OP(=O)(O)OP(=O)(O)OP(=O)(O)O)[C@H]1O[C@@H](n2ccc(N)nc2=S)C(C)(O)[C@H]1O. The molecular formula is C10H18N3O13P3S. The van der Waals surface area contributed by atoms with Crippen molar-refractivity contribution in [2.24, 2.45) is 0 Å². The van der Waals surface area contributed by atoms with E-state index in [2.05, 4.69) is 18.1 Å². The number of nitrogens with zero attached hydrogens (tertiary/aromatic N) is 2. The fourth-order valence-electron chi connectivity index (χ4n) is 2.26. The monoisotopic (exact) mass is 515 g/mol. The lowest BCUT2D eigenvalue weighted by Gasteiger charge is -2.28. The van der Waals surface area contributed by atoms with Crippen molar-refractivity contribution in [2.75, 3.05) is 12.3 Å². The number of ether oxygens (including phenoxy) is 1. The molecule has 1 aliphatic heterocycles. The van der Waals surface area contributed by atoms with E-state index in [-0.39, 0.29) is 10.6 Å². The van der Waals surface area contributed by atoms with Crippen molar-refractivity contribution < 1.29 is 64.1 Å². The number of hydrogen-bond donors (Lipinski definition) is 7. The van der Waals surface area contributed by atoms with Gasteiger partial charge in [0.15, 0.2) is 6.23 Å². The Labute approximate surface area is 176 Å². The lowest BCUT2D eigenvalue weighted by atomic mass is 9.96. The second-order valence-corrected chi connectivity index (χ2v) is 10.6. The lowest BCUT2D eigenvalue weighted by molar-refractivity contribution is -0.0977. The number of nitrogen functional groups attached to an aromatic ring is 1. The molecule has 0 amide bonds. The molecule has 2 rings (SSSR count). The zero-order valence-corrected chi connectivity index (χ0v) is 18.1. The van der Waals surface area contributed by atoms with Gasteiger partial charge in [0.05, 0.1) is 9.30 Å². The average Bonchev–Trinajstić information content (AvgIpc) is 2.74. The van der Waals surface area contributed by atoms with Gasteiger partial charge in [-0.3, -0.25) is 9.09 Å². The molecule has 30 heavy (non-hydrogen) atoms. The van der Waals surface area contributed by atoms with Crippen molar-refractivity contribution >= 4 is 41.5 Å². The molecule has 1 saturated heterocycles. The molecule has 20 heteroatoms. The van der Waals surface area contributed by atoms with Crippen LogP contribution in [0.3, 0.4) is 0 Å². The van der Waals surface area contributed by atoms with Crippen molar-refractivity contribution in [2.45, 2.75) is 31.0 Å². The van der Waals surface area contributed by atoms with Gasteiger partial charge in [0.2, 0.25) is 4.77 Å². The third-order valence-corrected chi connectivity index (χ3v) is 7.43. The summed E-state index contributed by atoms with van der Waals surface area (Å²) in [5, 5.41) is 21.0. The number of aliphatic hydroxyl groups excluding tert-OH is 1. The zero-order valence-electron chi connectivity index (χ0n) is 16.6. The maximum atomic E-state index is 12.0. The van der Waals surface area contributed by atoms with Crippen molar-refractivity contribution in [1.82, 2.24) is 9.55 Å². The van der Waals surface area contributed by atoms with Gasteiger partial charge in [-0.1, -0.05) is 0 Å². The topological polar surface area (TPSA) is 253 Å². The van der Waals surface area contributed by atoms with Crippen molar-refractivity contribution in [3.63, 3.8) is 0 Å². The van der Waals surface area contributed by atoms with E-state index < -0.39 is 54.1 Å². The van der Waals surface area contributed by atoms with Crippen LogP contribution in [0.4, 0.5) is 5.82 Å². The van der Waals surface area contributed by atoms with Crippen LogP contribution in [0.2, 0.25) is 0 Å². The van der Waals surface area contributed by atoms with Gasteiger partial charge in [-0.15, -0.1) is 0 Å². The number of rotatable bonds is 8. The van der Waals surface area contributed by atoms with Crippen LogP contribution in [-0.4, -0.2) is 63.7 Å². The van der Waals surface area contributed by atoms with E-state index in [9.17, 15) is 28.8 Å². The predicted molar refractivity (Wildman–Crippen MR) is 97.8 cm³/mol. The third kappa shape index (κ3) is 6.45. The van der Waals surface area contributed by atoms with Gasteiger partial charge in [-0.05, 0) is 25.2 Å². The molecule has 0 aliphatic carbocycles. The van der Waals surface area contributed by atoms with Crippen LogP contribution in [0, 0.1) is 4.77 Å². The molecule has 16 nitrogen and oxygen atoms in total. The molecule has 0 bridgehead atoms. The molecule has 1 aromatic rings. The van der Waals surface area contributed by atoms with E-state index in [1.54, 1.807) is 0 Å². The minimum atomic E-state index is -5.94. The second kappa shape index (κ2) is 8.73. The first-order valence-electron chi connectivity index (χ1n) is 8.42. The number of aromatic nitrogens is 2. The fourth-order valence-corrected chi connectivity index (χ4v) is 5.40. The minimum Gasteiger partial charge on any atom is -0.387 e. The molecule has 1 aromatic heterocycles. The van der Waals surface area contributed by atoms with E-state index in [0.29, 0.717) is 0 Å². The Morgan fingerprint density at radius 3 is 2.47 bits per heavy atom. The zero-order chi connectivity index (χ0) is 24.9. The van der Waals surface area contributed by atoms with Crippen LogP contribution in [0.5, 0.6) is 0 Å². The molecule has 8 N–H and O–H groups in total. The Balaban J connectivity index is 2.29. The average molecular weight is 515 g/mol. The molecular weight excluding hydrogens is 495 g/mol. The van der Waals surface area contributed by atoms with Gasteiger partial charge in [0, 0.05) is 6.20 Å². The Hall–Kier alpha value is -0.610. The Morgan fingerprint density at radius 2 is 1.93 bits per heavy atom. The number of anilines is 1. The van der Waals surface area contributed by atoms with Crippen LogP contribution in [0.1, 0.15) is 15.9 Å². The van der Waals surface area contributed by atoms with Crippen molar-refractivity contribution in [1.29, 1.82) is 0 Å². The first-order valence-corrected chi connectivity index (χ1v) is 12.3. The molecule has 0 radical (unpaired) electrons. The van der Waals surface area contributed by atoms with E-state index in [1.165, 1.54) is 12.3 Å².